The van der Waals surface area contributed by atoms with E-state index in [-0.39, 0.29) is 0 Å². The molecule has 0 N–H and O–H groups in total. The third-order valence-corrected chi connectivity index (χ3v) is 6.31. The van der Waals surface area contributed by atoms with Crippen LogP contribution in [-0.2, 0) is 19.3 Å². The van der Waals surface area contributed by atoms with Crippen molar-refractivity contribution in [2.75, 3.05) is 0 Å². The van der Waals surface area contributed by atoms with Gasteiger partial charge in [-0.05, 0) is 80.8 Å². The van der Waals surface area contributed by atoms with E-state index in [1.165, 1.54) is 70.5 Å². The van der Waals surface area contributed by atoms with E-state index in [0.717, 1.165) is 6.42 Å². The second-order valence-corrected chi connectivity index (χ2v) is 8.06. The van der Waals surface area contributed by atoms with Crippen LogP contribution in [0, 0.1) is 20.9 Å². The van der Waals surface area contributed by atoms with Crippen LogP contribution in [0.15, 0.2) is 54.6 Å². The molecule has 144 valence electrons. The topological polar surface area (TPSA) is 0 Å². The van der Waals surface area contributed by atoms with Gasteiger partial charge in [0.15, 0.2) is 0 Å². The highest BCUT2D eigenvalue weighted by atomic mass is 14.2. The van der Waals surface area contributed by atoms with Crippen molar-refractivity contribution in [1.82, 2.24) is 0 Å². The van der Waals surface area contributed by atoms with Crippen LogP contribution in [0.25, 0.3) is 11.1 Å². The quantitative estimate of drug-likeness (QED) is 0.302. The zero-order valence-corrected chi connectivity index (χ0v) is 17.6. The van der Waals surface area contributed by atoms with Gasteiger partial charge in [-0.25, -0.2) is 0 Å². The molecule has 0 saturated carbocycles. The molecule has 0 nitrogen and oxygen atoms in total. The Bertz CT molecular complexity index is 1170. The zero-order valence-electron chi connectivity index (χ0n) is 17.6. The molecule has 3 aromatic rings. The Morgan fingerprint density at radius 3 is 1.96 bits per heavy atom. The van der Waals surface area contributed by atoms with E-state index >= 15 is 0 Å². The molecule has 0 spiro atoms. The second-order valence-electron chi connectivity index (χ2n) is 8.06. The fourth-order valence-electron chi connectivity index (χ4n) is 4.79. The molecule has 0 unspecified atom stereocenters. The Labute approximate surface area is 169 Å². The van der Waals surface area contributed by atoms with E-state index in [1.807, 2.05) is 0 Å². The summed E-state index contributed by atoms with van der Waals surface area (Å²) in [7, 11) is 0. The van der Waals surface area contributed by atoms with Crippen LogP contribution in [0.5, 0.6) is 0 Å². The molecule has 0 amide bonds. The van der Waals surface area contributed by atoms with Crippen molar-refractivity contribution >= 4 is 0 Å². The summed E-state index contributed by atoms with van der Waals surface area (Å²) in [6, 6.07) is 20.5. The molecule has 0 aliphatic heterocycles. The van der Waals surface area contributed by atoms with Crippen LogP contribution in [-0.4, -0.2) is 0 Å². The van der Waals surface area contributed by atoms with E-state index in [4.69, 9.17) is 0 Å². The van der Waals surface area contributed by atoms with Gasteiger partial charge in [-0.15, -0.1) is 0 Å². The number of fused-ring (bicyclic) bond motifs is 2. The Hall–Kier alpha value is -2.34. The third kappa shape index (κ3) is 3.20. The molecule has 0 heteroatoms. The Morgan fingerprint density at radius 1 is 0.571 bits per heavy atom. The molecule has 0 radical (unpaired) electrons. The monoisotopic (exact) mass is 368 g/mol. The molecule has 3 aromatic carbocycles. The van der Waals surface area contributed by atoms with Gasteiger partial charge >= 0.3 is 0 Å². The van der Waals surface area contributed by atoms with E-state index in [1.54, 1.807) is 16.7 Å². The normalized spacial score (nSPS) is 11.7. The molecule has 0 fully saturated rings. The first-order valence-electron chi connectivity index (χ1n) is 11.2. The molecule has 0 bridgehead atoms. The lowest BCUT2D eigenvalue weighted by atomic mass is 9.84. The molecule has 0 aromatic heterocycles. The van der Waals surface area contributed by atoms with Crippen molar-refractivity contribution < 1.29 is 0 Å². The van der Waals surface area contributed by atoms with Gasteiger partial charge in [0.1, 0.15) is 0 Å². The van der Waals surface area contributed by atoms with E-state index in [2.05, 4.69) is 75.4 Å². The Balaban J connectivity index is 1.97. The highest BCUT2D eigenvalue weighted by Crippen LogP contribution is 2.34. The molecule has 1 aliphatic carbocycles. The van der Waals surface area contributed by atoms with Crippen molar-refractivity contribution in [1.29, 1.82) is 0 Å². The molecule has 4 rings (SSSR count). The number of unbranched alkanes of at least 4 members (excludes halogenated alkanes) is 2. The van der Waals surface area contributed by atoms with Gasteiger partial charge in [-0.2, -0.15) is 0 Å². The first-order chi connectivity index (χ1) is 13.8. The summed E-state index contributed by atoms with van der Waals surface area (Å²) < 4.78 is 0. The first kappa shape index (κ1) is 19.0. The summed E-state index contributed by atoms with van der Waals surface area (Å²) in [6.45, 7) is 6.91. The predicted molar refractivity (Wildman–Crippen MR) is 120 cm³/mol. The van der Waals surface area contributed by atoms with Crippen LogP contribution in [0.3, 0.4) is 0 Å². The number of hydrogen-bond acceptors (Lipinski definition) is 0. The summed E-state index contributed by atoms with van der Waals surface area (Å²) in [5.74, 6) is 0. The summed E-state index contributed by atoms with van der Waals surface area (Å²) in [5, 5.41) is 5.71. The standard InChI is InChI=1S/C28H32/c1-4-7-12-21-20(6-3)18-19-24(22(21)13-8-5-2)27-17-11-16-26-23-14-9-10-15-25(23)28(26)27/h9-11,14-19H,4-8,12-13H2,1-3H3. The maximum atomic E-state index is 2.41. The Morgan fingerprint density at radius 2 is 1.25 bits per heavy atom. The molecule has 0 saturated heterocycles. The third-order valence-electron chi connectivity index (χ3n) is 6.31. The van der Waals surface area contributed by atoms with E-state index in [0.29, 0.717) is 0 Å². The van der Waals surface area contributed by atoms with Gasteiger partial charge in [0.2, 0.25) is 0 Å². The summed E-state index contributed by atoms with van der Waals surface area (Å²) >= 11 is 0. The first-order valence-corrected chi connectivity index (χ1v) is 11.2. The smallest absolute Gasteiger partial charge is 0.00203 e. The number of aryl methyl sites for hydroxylation is 1. The minimum absolute atomic E-state index is 1.13. The SMILES string of the molecule is CCCCc1c(CC)ccc(-c2cccc3c2=c2ccccc2=3)c1CCCC. The average Bonchev–Trinajstić information content (AvgIpc) is 2.73. The second kappa shape index (κ2) is 8.35. The van der Waals surface area contributed by atoms with Gasteiger partial charge < -0.3 is 0 Å². The highest BCUT2D eigenvalue weighted by molar-refractivity contribution is 5.71. The molecular weight excluding hydrogens is 336 g/mol. The van der Waals surface area contributed by atoms with E-state index < -0.39 is 0 Å². The maximum absolute atomic E-state index is 2.41. The van der Waals surface area contributed by atoms with Gasteiger partial charge in [0.25, 0.3) is 0 Å². The van der Waals surface area contributed by atoms with Crippen LogP contribution in [0.4, 0.5) is 0 Å². The van der Waals surface area contributed by atoms with Crippen molar-refractivity contribution in [3.63, 3.8) is 0 Å². The van der Waals surface area contributed by atoms with Gasteiger partial charge in [0.05, 0.1) is 0 Å². The Kier molecular flexibility index (Phi) is 5.67. The van der Waals surface area contributed by atoms with Crippen molar-refractivity contribution in [2.45, 2.75) is 65.7 Å². The lowest BCUT2D eigenvalue weighted by Gasteiger charge is -2.20. The molecule has 0 heterocycles. The average molecular weight is 369 g/mol. The highest BCUT2D eigenvalue weighted by Gasteiger charge is 2.16. The maximum Gasteiger partial charge on any atom is -0.00203 e. The number of rotatable bonds is 8. The largest absolute Gasteiger partial charge is 0.0654 e. The predicted octanol–water partition coefficient (Wildman–Crippen LogP) is 7.49. The van der Waals surface area contributed by atoms with Crippen LogP contribution < -0.4 is 0 Å². The lowest BCUT2D eigenvalue weighted by molar-refractivity contribution is 0.752. The van der Waals surface area contributed by atoms with Crippen LogP contribution in [0.2, 0.25) is 0 Å². The van der Waals surface area contributed by atoms with Crippen molar-refractivity contribution in [2.24, 2.45) is 0 Å². The fraction of sp³-hybridized carbons (Fsp3) is 0.357. The molecule has 1 aliphatic rings. The fourth-order valence-corrected chi connectivity index (χ4v) is 4.79. The minimum Gasteiger partial charge on any atom is -0.0654 e. The van der Waals surface area contributed by atoms with Gasteiger partial charge in [-0.1, -0.05) is 88.2 Å². The van der Waals surface area contributed by atoms with Crippen molar-refractivity contribution in [3.8, 4) is 11.1 Å². The molecule has 0 atom stereocenters. The van der Waals surface area contributed by atoms with E-state index in [9.17, 15) is 0 Å². The van der Waals surface area contributed by atoms with Crippen LogP contribution >= 0.6 is 0 Å². The van der Waals surface area contributed by atoms with Crippen LogP contribution in [0.1, 0.15) is 63.1 Å². The summed E-state index contributed by atoms with van der Waals surface area (Å²) in [6.07, 6.45) is 8.61. The number of hydrogen-bond donors (Lipinski definition) is 0. The zero-order chi connectivity index (χ0) is 19.5. The number of benzene rings is 3. The van der Waals surface area contributed by atoms with Gasteiger partial charge in [-0.3, -0.25) is 0 Å². The summed E-state index contributed by atoms with van der Waals surface area (Å²) in [4.78, 5) is 0. The molecule has 28 heavy (non-hydrogen) atoms. The van der Waals surface area contributed by atoms with Crippen molar-refractivity contribution in [3.05, 3.63) is 92.2 Å². The minimum atomic E-state index is 1.13. The van der Waals surface area contributed by atoms with Gasteiger partial charge in [0, 0.05) is 0 Å². The molecular formula is C28H32. The lowest BCUT2D eigenvalue weighted by Crippen LogP contribution is -2.04. The summed E-state index contributed by atoms with van der Waals surface area (Å²) in [5.41, 5.74) is 7.72.